The minimum Gasteiger partial charge on any atom is -0.479 e. The molecule has 1 N–H and O–H groups in total. The Labute approximate surface area is 98.2 Å². The fraction of sp³-hybridized carbons (Fsp3) is 0.923. The zero-order valence-electron chi connectivity index (χ0n) is 10.3. The highest BCUT2D eigenvalue weighted by Crippen LogP contribution is 2.32. The molecule has 0 amide bonds. The van der Waals surface area contributed by atoms with Gasteiger partial charge in [-0.05, 0) is 32.1 Å². The zero-order chi connectivity index (χ0) is 11.9. The second-order valence-electron chi connectivity index (χ2n) is 4.77. The van der Waals surface area contributed by atoms with E-state index in [4.69, 9.17) is 4.74 Å². The summed E-state index contributed by atoms with van der Waals surface area (Å²) in [7, 11) is 0. The van der Waals surface area contributed by atoms with Crippen LogP contribution in [0.2, 0.25) is 0 Å². The molecule has 1 fully saturated rings. The quantitative estimate of drug-likeness (QED) is 0.679. The van der Waals surface area contributed by atoms with Gasteiger partial charge in [0.15, 0.2) is 5.60 Å². The molecule has 3 nitrogen and oxygen atoms in total. The largest absolute Gasteiger partial charge is 0.479 e. The molecular formula is C13H24O3. The summed E-state index contributed by atoms with van der Waals surface area (Å²) in [6.45, 7) is 2.77. The summed E-state index contributed by atoms with van der Waals surface area (Å²) in [4.78, 5) is 11.3. The predicted octanol–water partition coefficient (Wildman–Crippen LogP) is 3.37. The summed E-state index contributed by atoms with van der Waals surface area (Å²) in [6, 6.07) is 0. The van der Waals surface area contributed by atoms with Crippen LogP contribution in [0.3, 0.4) is 0 Å². The molecule has 0 aromatic carbocycles. The first-order valence-electron chi connectivity index (χ1n) is 6.58. The first-order chi connectivity index (χ1) is 7.71. The van der Waals surface area contributed by atoms with Gasteiger partial charge in [0.25, 0.3) is 0 Å². The Bertz CT molecular complexity index is 207. The van der Waals surface area contributed by atoms with E-state index in [1.807, 2.05) is 0 Å². The van der Waals surface area contributed by atoms with Gasteiger partial charge in [-0.15, -0.1) is 0 Å². The van der Waals surface area contributed by atoms with Crippen molar-refractivity contribution in [3.8, 4) is 0 Å². The molecule has 0 spiro atoms. The molecule has 0 atom stereocenters. The molecule has 0 aromatic heterocycles. The van der Waals surface area contributed by atoms with Crippen molar-refractivity contribution < 1.29 is 14.6 Å². The predicted molar refractivity (Wildman–Crippen MR) is 63.5 cm³/mol. The number of unbranched alkanes of at least 4 members (excludes halogenated alkanes) is 3. The molecule has 0 aromatic rings. The van der Waals surface area contributed by atoms with Crippen molar-refractivity contribution in [2.24, 2.45) is 0 Å². The topological polar surface area (TPSA) is 46.5 Å². The summed E-state index contributed by atoms with van der Waals surface area (Å²) in [5.41, 5.74) is -0.857. The Morgan fingerprint density at radius 1 is 1.19 bits per heavy atom. The maximum atomic E-state index is 11.3. The van der Waals surface area contributed by atoms with Crippen LogP contribution in [0.25, 0.3) is 0 Å². The molecule has 16 heavy (non-hydrogen) atoms. The highest BCUT2D eigenvalue weighted by Gasteiger charge is 2.40. The fourth-order valence-corrected chi connectivity index (χ4v) is 2.34. The van der Waals surface area contributed by atoms with Crippen molar-refractivity contribution in [2.45, 2.75) is 70.3 Å². The summed E-state index contributed by atoms with van der Waals surface area (Å²) < 4.78 is 5.68. The molecule has 0 unspecified atom stereocenters. The zero-order valence-corrected chi connectivity index (χ0v) is 10.3. The van der Waals surface area contributed by atoms with Crippen LogP contribution in [0.1, 0.15) is 64.7 Å². The van der Waals surface area contributed by atoms with E-state index in [2.05, 4.69) is 6.92 Å². The molecule has 1 aliphatic rings. The van der Waals surface area contributed by atoms with Crippen LogP contribution in [-0.4, -0.2) is 23.3 Å². The maximum absolute atomic E-state index is 11.3. The van der Waals surface area contributed by atoms with Gasteiger partial charge in [-0.25, -0.2) is 4.79 Å². The van der Waals surface area contributed by atoms with Crippen molar-refractivity contribution in [2.75, 3.05) is 6.61 Å². The number of carboxylic acid groups (broad SMARTS) is 1. The van der Waals surface area contributed by atoms with Gasteiger partial charge in [-0.3, -0.25) is 0 Å². The summed E-state index contributed by atoms with van der Waals surface area (Å²) >= 11 is 0. The van der Waals surface area contributed by atoms with Crippen LogP contribution < -0.4 is 0 Å². The third-order valence-corrected chi connectivity index (χ3v) is 3.43. The van der Waals surface area contributed by atoms with Crippen molar-refractivity contribution in [3.63, 3.8) is 0 Å². The first kappa shape index (κ1) is 13.5. The molecular weight excluding hydrogens is 204 g/mol. The second kappa shape index (κ2) is 6.89. The van der Waals surface area contributed by atoms with Crippen LogP contribution in [0.4, 0.5) is 0 Å². The van der Waals surface area contributed by atoms with E-state index in [9.17, 15) is 9.90 Å². The first-order valence-corrected chi connectivity index (χ1v) is 6.58. The third-order valence-electron chi connectivity index (χ3n) is 3.43. The molecule has 94 valence electrons. The number of carbonyl (C=O) groups is 1. The summed E-state index contributed by atoms with van der Waals surface area (Å²) in [5.74, 6) is -0.761. The molecule has 0 radical (unpaired) electrons. The lowest BCUT2D eigenvalue weighted by Gasteiger charge is -2.33. The smallest absolute Gasteiger partial charge is 0.335 e. The SMILES string of the molecule is CCCCCCOC1(C(=O)O)CCCCC1. The van der Waals surface area contributed by atoms with Crippen LogP contribution in [0, 0.1) is 0 Å². The highest BCUT2D eigenvalue weighted by molar-refractivity contribution is 5.77. The summed E-state index contributed by atoms with van der Waals surface area (Å²) in [5, 5.41) is 9.27. The molecule has 3 heteroatoms. The molecule has 0 saturated heterocycles. The number of hydrogen-bond donors (Lipinski definition) is 1. The van der Waals surface area contributed by atoms with Gasteiger partial charge in [-0.1, -0.05) is 32.6 Å². The van der Waals surface area contributed by atoms with E-state index in [1.165, 1.54) is 12.8 Å². The van der Waals surface area contributed by atoms with Crippen molar-refractivity contribution in [3.05, 3.63) is 0 Å². The van der Waals surface area contributed by atoms with Crippen LogP contribution in [0.15, 0.2) is 0 Å². The Kier molecular flexibility index (Phi) is 5.81. The lowest BCUT2D eigenvalue weighted by molar-refractivity contribution is -0.171. The number of aliphatic carboxylic acids is 1. The monoisotopic (exact) mass is 228 g/mol. The Hall–Kier alpha value is -0.570. The Morgan fingerprint density at radius 3 is 2.44 bits per heavy atom. The number of hydrogen-bond acceptors (Lipinski definition) is 2. The van der Waals surface area contributed by atoms with Gasteiger partial charge in [0.05, 0.1) is 0 Å². The number of ether oxygens (including phenoxy) is 1. The molecule has 1 rings (SSSR count). The average Bonchev–Trinajstić information content (AvgIpc) is 2.30. The maximum Gasteiger partial charge on any atom is 0.335 e. The van der Waals surface area contributed by atoms with E-state index in [0.29, 0.717) is 19.4 Å². The Balaban J connectivity index is 2.30. The number of carboxylic acids is 1. The van der Waals surface area contributed by atoms with E-state index in [1.54, 1.807) is 0 Å². The fourth-order valence-electron chi connectivity index (χ4n) is 2.34. The molecule has 0 heterocycles. The van der Waals surface area contributed by atoms with E-state index >= 15 is 0 Å². The standard InChI is InChI=1S/C13H24O3/c1-2-3-4-8-11-16-13(12(14)15)9-6-5-7-10-13/h2-11H2,1H3,(H,14,15). The summed E-state index contributed by atoms with van der Waals surface area (Å²) in [6.07, 6.45) is 9.05. The van der Waals surface area contributed by atoms with Gasteiger partial charge in [0.2, 0.25) is 0 Å². The van der Waals surface area contributed by atoms with Crippen LogP contribution >= 0.6 is 0 Å². The lowest BCUT2D eigenvalue weighted by atomic mass is 9.84. The van der Waals surface area contributed by atoms with Gasteiger partial charge in [-0.2, -0.15) is 0 Å². The van der Waals surface area contributed by atoms with E-state index < -0.39 is 11.6 Å². The normalized spacial score (nSPS) is 19.6. The van der Waals surface area contributed by atoms with Gasteiger partial charge >= 0.3 is 5.97 Å². The van der Waals surface area contributed by atoms with Crippen LogP contribution in [0.5, 0.6) is 0 Å². The molecule has 0 aliphatic heterocycles. The molecule has 1 aliphatic carbocycles. The van der Waals surface area contributed by atoms with E-state index in [0.717, 1.165) is 32.1 Å². The van der Waals surface area contributed by atoms with Crippen molar-refractivity contribution in [1.82, 2.24) is 0 Å². The van der Waals surface area contributed by atoms with Gasteiger partial charge < -0.3 is 9.84 Å². The van der Waals surface area contributed by atoms with E-state index in [-0.39, 0.29) is 0 Å². The molecule has 0 bridgehead atoms. The third kappa shape index (κ3) is 3.78. The minimum absolute atomic E-state index is 0.603. The Morgan fingerprint density at radius 2 is 1.88 bits per heavy atom. The minimum atomic E-state index is -0.857. The van der Waals surface area contributed by atoms with Crippen molar-refractivity contribution in [1.29, 1.82) is 0 Å². The van der Waals surface area contributed by atoms with Gasteiger partial charge in [0.1, 0.15) is 0 Å². The lowest BCUT2D eigenvalue weighted by Crippen LogP contribution is -2.43. The highest BCUT2D eigenvalue weighted by atomic mass is 16.5. The average molecular weight is 228 g/mol. The van der Waals surface area contributed by atoms with Gasteiger partial charge in [0, 0.05) is 6.61 Å². The number of rotatable bonds is 7. The van der Waals surface area contributed by atoms with Crippen LogP contribution in [-0.2, 0) is 9.53 Å². The second-order valence-corrected chi connectivity index (χ2v) is 4.77. The molecule has 1 saturated carbocycles. The van der Waals surface area contributed by atoms with Crippen molar-refractivity contribution >= 4 is 5.97 Å².